The number of nitrogens with zero attached hydrogens (tertiary/aromatic N) is 1. The number of morpholine rings is 1. The molecule has 0 radical (unpaired) electrons. The van der Waals surface area contributed by atoms with E-state index in [4.69, 9.17) is 4.74 Å². The van der Waals surface area contributed by atoms with Crippen molar-refractivity contribution in [2.45, 2.75) is 38.2 Å². The molecule has 0 aliphatic carbocycles. The minimum absolute atomic E-state index is 0.0194. The van der Waals surface area contributed by atoms with Gasteiger partial charge in [0.15, 0.2) is 5.78 Å². The van der Waals surface area contributed by atoms with Crippen molar-refractivity contribution >= 4 is 11.7 Å². The number of carbonyl (C=O) groups is 2. The number of benzene rings is 1. The molecule has 1 fully saturated rings. The van der Waals surface area contributed by atoms with Crippen LogP contribution in [0.4, 0.5) is 0 Å². The third-order valence-corrected chi connectivity index (χ3v) is 5.30. The lowest BCUT2D eigenvalue weighted by Gasteiger charge is -2.23. The van der Waals surface area contributed by atoms with Crippen molar-refractivity contribution in [1.82, 2.24) is 15.6 Å². The summed E-state index contributed by atoms with van der Waals surface area (Å²) in [5.41, 5.74) is 2.63. The summed E-state index contributed by atoms with van der Waals surface area (Å²) >= 11 is 0. The fourth-order valence-electron chi connectivity index (χ4n) is 3.53. The first-order chi connectivity index (χ1) is 14.1. The maximum absolute atomic E-state index is 12.8. The Balaban J connectivity index is 1.75. The standard InChI is InChI=1S/C23H29N3O3/c1-16(17-7-4-3-5-8-17)20-13-18(14-21(26-20)23(28)24-2)22(27)10-6-9-19-15-25-11-12-29-19/h3-5,7-8,13-14,16,19,25H,6,9-12,15H2,1-2H3,(H,24,28)/t16?,19-/m0/s1. The number of nitrogens with one attached hydrogen (secondary N) is 2. The van der Waals surface area contributed by atoms with Gasteiger partial charge in [-0.25, -0.2) is 4.98 Å². The molecular weight excluding hydrogens is 366 g/mol. The molecule has 6 nitrogen and oxygen atoms in total. The first-order valence-electron chi connectivity index (χ1n) is 10.2. The minimum atomic E-state index is -0.289. The summed E-state index contributed by atoms with van der Waals surface area (Å²) < 4.78 is 5.69. The number of hydrogen-bond donors (Lipinski definition) is 2. The second kappa shape index (κ2) is 10.3. The molecule has 6 heteroatoms. The van der Waals surface area contributed by atoms with Crippen LogP contribution in [0.5, 0.6) is 0 Å². The van der Waals surface area contributed by atoms with Crippen LogP contribution in [0.3, 0.4) is 0 Å². The van der Waals surface area contributed by atoms with Crippen molar-refractivity contribution in [3.05, 3.63) is 65.0 Å². The van der Waals surface area contributed by atoms with Crippen molar-refractivity contribution in [2.75, 3.05) is 26.7 Å². The normalized spacial score (nSPS) is 17.5. The fourth-order valence-corrected chi connectivity index (χ4v) is 3.53. The van der Waals surface area contributed by atoms with E-state index in [0.717, 1.165) is 43.8 Å². The number of aromatic nitrogens is 1. The molecule has 1 saturated heterocycles. The van der Waals surface area contributed by atoms with Crippen LogP contribution in [0.2, 0.25) is 0 Å². The highest BCUT2D eigenvalue weighted by molar-refractivity contribution is 5.99. The smallest absolute Gasteiger partial charge is 0.269 e. The van der Waals surface area contributed by atoms with Gasteiger partial charge in [-0.05, 0) is 30.5 Å². The van der Waals surface area contributed by atoms with Crippen LogP contribution in [0.25, 0.3) is 0 Å². The maximum Gasteiger partial charge on any atom is 0.269 e. The topological polar surface area (TPSA) is 80.3 Å². The van der Waals surface area contributed by atoms with Gasteiger partial charge >= 0.3 is 0 Å². The Morgan fingerprint density at radius 1 is 1.28 bits per heavy atom. The zero-order chi connectivity index (χ0) is 20.6. The third kappa shape index (κ3) is 5.71. The number of carbonyl (C=O) groups excluding carboxylic acids is 2. The van der Waals surface area contributed by atoms with Crippen LogP contribution >= 0.6 is 0 Å². The molecule has 0 spiro atoms. The van der Waals surface area contributed by atoms with Crippen LogP contribution in [0.1, 0.15) is 64.2 Å². The SMILES string of the molecule is CNC(=O)c1cc(C(=O)CCC[C@H]2CNCCO2)cc(C(C)c2ccccc2)n1. The van der Waals surface area contributed by atoms with Crippen LogP contribution in [0.15, 0.2) is 42.5 Å². The van der Waals surface area contributed by atoms with Gasteiger partial charge in [0.2, 0.25) is 0 Å². The van der Waals surface area contributed by atoms with E-state index in [1.54, 1.807) is 13.1 Å². The Hall–Kier alpha value is -2.57. The first-order valence-corrected chi connectivity index (χ1v) is 10.2. The summed E-state index contributed by atoms with van der Waals surface area (Å²) in [5.74, 6) is -0.278. The predicted molar refractivity (Wildman–Crippen MR) is 112 cm³/mol. The molecule has 1 aromatic carbocycles. The highest BCUT2D eigenvalue weighted by Crippen LogP contribution is 2.24. The number of hydrogen-bond acceptors (Lipinski definition) is 5. The molecule has 0 bridgehead atoms. The summed E-state index contributed by atoms with van der Waals surface area (Å²) in [4.78, 5) is 29.6. The van der Waals surface area contributed by atoms with E-state index in [2.05, 4.69) is 15.6 Å². The van der Waals surface area contributed by atoms with Crippen molar-refractivity contribution in [3.63, 3.8) is 0 Å². The van der Waals surface area contributed by atoms with Gasteiger partial charge < -0.3 is 15.4 Å². The molecule has 2 N–H and O–H groups in total. The van der Waals surface area contributed by atoms with Crippen LogP contribution < -0.4 is 10.6 Å². The molecule has 1 unspecified atom stereocenters. The van der Waals surface area contributed by atoms with Gasteiger partial charge in [0, 0.05) is 43.7 Å². The summed E-state index contributed by atoms with van der Waals surface area (Å²) in [6.45, 7) is 4.48. The minimum Gasteiger partial charge on any atom is -0.376 e. The van der Waals surface area contributed by atoms with E-state index in [-0.39, 0.29) is 29.4 Å². The lowest BCUT2D eigenvalue weighted by atomic mass is 9.94. The van der Waals surface area contributed by atoms with Crippen LogP contribution in [-0.2, 0) is 4.74 Å². The quantitative estimate of drug-likeness (QED) is 0.672. The van der Waals surface area contributed by atoms with E-state index in [1.165, 1.54) is 0 Å². The zero-order valence-electron chi connectivity index (χ0n) is 17.1. The molecule has 154 valence electrons. The first kappa shape index (κ1) is 21.1. The van der Waals surface area contributed by atoms with Crippen LogP contribution in [-0.4, -0.2) is 49.5 Å². The van der Waals surface area contributed by atoms with E-state index in [1.807, 2.05) is 43.3 Å². The number of rotatable bonds is 8. The van der Waals surface area contributed by atoms with Gasteiger partial charge in [0.05, 0.1) is 12.7 Å². The van der Waals surface area contributed by atoms with Gasteiger partial charge in [-0.15, -0.1) is 0 Å². The molecule has 1 amide bonds. The third-order valence-electron chi connectivity index (χ3n) is 5.30. The average molecular weight is 396 g/mol. The molecule has 3 rings (SSSR count). The van der Waals surface area contributed by atoms with Crippen molar-refractivity contribution in [3.8, 4) is 0 Å². The fraction of sp³-hybridized carbons (Fsp3) is 0.435. The van der Waals surface area contributed by atoms with Gasteiger partial charge in [-0.1, -0.05) is 37.3 Å². The largest absolute Gasteiger partial charge is 0.376 e. The molecule has 1 aromatic heterocycles. The average Bonchev–Trinajstić information content (AvgIpc) is 2.79. The Labute approximate surface area is 172 Å². The van der Waals surface area contributed by atoms with Crippen LogP contribution in [0, 0.1) is 0 Å². The molecule has 1 aliphatic heterocycles. The Morgan fingerprint density at radius 3 is 2.76 bits per heavy atom. The van der Waals surface area contributed by atoms with E-state index in [9.17, 15) is 9.59 Å². The highest BCUT2D eigenvalue weighted by Gasteiger charge is 2.19. The Kier molecular flexibility index (Phi) is 7.49. The number of ether oxygens (including phenoxy) is 1. The second-order valence-corrected chi connectivity index (χ2v) is 7.39. The second-order valence-electron chi connectivity index (χ2n) is 7.39. The molecule has 29 heavy (non-hydrogen) atoms. The monoisotopic (exact) mass is 395 g/mol. The zero-order valence-corrected chi connectivity index (χ0v) is 17.1. The number of pyridine rings is 1. The van der Waals surface area contributed by atoms with Gasteiger partial charge in [0.1, 0.15) is 5.69 Å². The lowest BCUT2D eigenvalue weighted by Crippen LogP contribution is -2.38. The molecule has 2 heterocycles. The van der Waals surface area contributed by atoms with E-state index in [0.29, 0.717) is 12.0 Å². The summed E-state index contributed by atoms with van der Waals surface area (Å²) in [6.07, 6.45) is 2.20. The van der Waals surface area contributed by atoms with Crippen molar-refractivity contribution in [2.24, 2.45) is 0 Å². The number of amides is 1. The van der Waals surface area contributed by atoms with E-state index < -0.39 is 0 Å². The van der Waals surface area contributed by atoms with Gasteiger partial charge in [0.25, 0.3) is 5.91 Å². The maximum atomic E-state index is 12.8. The molecule has 1 aliphatic rings. The summed E-state index contributed by atoms with van der Waals surface area (Å²) in [6, 6.07) is 13.4. The van der Waals surface area contributed by atoms with E-state index >= 15 is 0 Å². The summed E-state index contributed by atoms with van der Waals surface area (Å²) in [7, 11) is 1.57. The van der Waals surface area contributed by atoms with Crippen molar-refractivity contribution < 1.29 is 14.3 Å². The van der Waals surface area contributed by atoms with Crippen molar-refractivity contribution in [1.29, 1.82) is 0 Å². The van der Waals surface area contributed by atoms with Gasteiger partial charge in [-0.3, -0.25) is 9.59 Å². The molecule has 2 atom stereocenters. The highest BCUT2D eigenvalue weighted by atomic mass is 16.5. The Morgan fingerprint density at radius 2 is 2.07 bits per heavy atom. The number of ketones is 1. The number of Topliss-reactive ketones (excluding diaryl/α,β-unsaturated/α-hetero) is 1. The Bertz CT molecular complexity index is 833. The predicted octanol–water partition coefficient (Wildman–Crippen LogP) is 2.93. The lowest BCUT2D eigenvalue weighted by molar-refractivity contribution is 0.0222. The molecular formula is C23H29N3O3. The molecule has 0 saturated carbocycles. The molecule has 2 aromatic rings. The summed E-state index contributed by atoms with van der Waals surface area (Å²) in [5, 5.41) is 5.91. The van der Waals surface area contributed by atoms with Gasteiger partial charge in [-0.2, -0.15) is 0 Å².